The Morgan fingerprint density at radius 3 is 2.84 bits per heavy atom. The molecule has 2 aromatic heterocycles. The molecule has 2 aromatic rings. The molecule has 0 aromatic carbocycles. The van der Waals surface area contributed by atoms with Crippen molar-refractivity contribution in [3.05, 3.63) is 36.3 Å². The molecule has 100 valence electrons. The normalized spacial score (nSPS) is 10.2. The minimum atomic E-state index is -0.432. The van der Waals surface area contributed by atoms with E-state index in [-0.39, 0.29) is 0 Å². The van der Waals surface area contributed by atoms with Crippen molar-refractivity contribution in [3.8, 4) is 11.3 Å². The first-order chi connectivity index (χ1) is 9.20. The summed E-state index contributed by atoms with van der Waals surface area (Å²) in [5.74, 6) is 0. The van der Waals surface area contributed by atoms with E-state index in [1.54, 1.807) is 24.0 Å². The lowest BCUT2D eigenvalue weighted by Crippen LogP contribution is -2.23. The lowest BCUT2D eigenvalue weighted by molar-refractivity contribution is 0.151. The second-order valence-corrected chi connectivity index (χ2v) is 3.95. The summed E-state index contributed by atoms with van der Waals surface area (Å²) < 4.78 is 6.57. The molecule has 0 saturated carbocycles. The Bertz CT molecular complexity index is 551. The van der Waals surface area contributed by atoms with Crippen LogP contribution in [0.2, 0.25) is 0 Å². The highest BCUT2D eigenvalue weighted by Gasteiger charge is 2.08. The summed E-state index contributed by atoms with van der Waals surface area (Å²) in [5, 5.41) is 6.99. The summed E-state index contributed by atoms with van der Waals surface area (Å²) in [6, 6.07) is 5.76. The van der Waals surface area contributed by atoms with Crippen molar-refractivity contribution in [2.75, 3.05) is 6.61 Å². The van der Waals surface area contributed by atoms with Crippen LogP contribution in [0, 0.1) is 0 Å². The summed E-state index contributed by atoms with van der Waals surface area (Å²) in [6.07, 6.45) is 3.04. The molecule has 6 heteroatoms. The first kappa shape index (κ1) is 13.1. The maximum Gasteiger partial charge on any atom is 0.407 e. The molecule has 0 atom stereocenters. The first-order valence-electron chi connectivity index (χ1n) is 6.04. The van der Waals surface area contributed by atoms with Crippen molar-refractivity contribution >= 4 is 6.09 Å². The third-order valence-electron chi connectivity index (χ3n) is 2.60. The lowest BCUT2D eigenvalue weighted by atomic mass is 10.2. The van der Waals surface area contributed by atoms with E-state index >= 15 is 0 Å². The predicted molar refractivity (Wildman–Crippen MR) is 70.3 cm³/mol. The second kappa shape index (κ2) is 5.99. The molecule has 0 spiro atoms. The molecule has 0 aliphatic rings. The van der Waals surface area contributed by atoms with Gasteiger partial charge >= 0.3 is 6.09 Å². The van der Waals surface area contributed by atoms with Gasteiger partial charge in [0.15, 0.2) is 0 Å². The Morgan fingerprint density at radius 1 is 1.42 bits per heavy atom. The quantitative estimate of drug-likeness (QED) is 0.909. The summed E-state index contributed by atoms with van der Waals surface area (Å²) >= 11 is 0. The number of amides is 1. The Kier molecular flexibility index (Phi) is 4.12. The molecule has 0 aliphatic heterocycles. The highest BCUT2D eigenvalue weighted by molar-refractivity contribution is 5.67. The van der Waals surface area contributed by atoms with Crippen molar-refractivity contribution in [2.24, 2.45) is 7.05 Å². The minimum absolute atomic E-state index is 0.345. The molecular weight excluding hydrogens is 244 g/mol. The molecule has 0 unspecified atom stereocenters. The molecule has 19 heavy (non-hydrogen) atoms. The first-order valence-corrected chi connectivity index (χ1v) is 6.04. The van der Waals surface area contributed by atoms with Gasteiger partial charge in [-0.2, -0.15) is 5.10 Å². The Hall–Kier alpha value is -2.37. The van der Waals surface area contributed by atoms with Gasteiger partial charge in [0, 0.05) is 25.0 Å². The van der Waals surface area contributed by atoms with Crippen molar-refractivity contribution in [1.82, 2.24) is 20.1 Å². The van der Waals surface area contributed by atoms with Crippen LogP contribution in [-0.2, 0) is 18.3 Å². The van der Waals surface area contributed by atoms with Gasteiger partial charge < -0.3 is 10.1 Å². The number of pyridine rings is 1. The minimum Gasteiger partial charge on any atom is -0.450 e. The van der Waals surface area contributed by atoms with E-state index < -0.39 is 6.09 Å². The molecule has 0 fully saturated rings. The smallest absolute Gasteiger partial charge is 0.407 e. The van der Waals surface area contributed by atoms with Crippen molar-refractivity contribution < 1.29 is 9.53 Å². The zero-order valence-electron chi connectivity index (χ0n) is 11.0. The number of aromatic nitrogens is 3. The van der Waals surface area contributed by atoms with E-state index in [1.165, 1.54) is 0 Å². The molecule has 1 amide bonds. The monoisotopic (exact) mass is 260 g/mol. The third-order valence-corrected chi connectivity index (χ3v) is 2.60. The Morgan fingerprint density at radius 2 is 2.16 bits per heavy atom. The number of rotatable bonds is 4. The predicted octanol–water partition coefficient (Wildman–Crippen LogP) is 1.73. The molecule has 0 bridgehead atoms. The number of hydrogen-bond donors (Lipinski definition) is 1. The Labute approximate surface area is 111 Å². The maximum absolute atomic E-state index is 11.2. The van der Waals surface area contributed by atoms with E-state index in [9.17, 15) is 4.79 Å². The van der Waals surface area contributed by atoms with E-state index in [4.69, 9.17) is 4.74 Å². The highest BCUT2D eigenvalue weighted by Crippen LogP contribution is 2.18. The molecule has 0 saturated heterocycles. The number of carbonyl (C=O) groups excluding carboxylic acids is 1. The summed E-state index contributed by atoms with van der Waals surface area (Å²) in [7, 11) is 1.86. The summed E-state index contributed by atoms with van der Waals surface area (Å²) in [5.41, 5.74) is 2.79. The van der Waals surface area contributed by atoms with Crippen molar-refractivity contribution in [2.45, 2.75) is 13.5 Å². The fourth-order valence-corrected chi connectivity index (χ4v) is 1.75. The maximum atomic E-state index is 11.2. The molecule has 0 radical (unpaired) electrons. The van der Waals surface area contributed by atoms with Crippen LogP contribution in [-0.4, -0.2) is 27.5 Å². The average molecular weight is 260 g/mol. The fraction of sp³-hybridized carbons (Fsp3) is 0.308. The van der Waals surface area contributed by atoms with Gasteiger partial charge in [0.25, 0.3) is 0 Å². The van der Waals surface area contributed by atoms with Gasteiger partial charge in [-0.1, -0.05) is 0 Å². The zero-order chi connectivity index (χ0) is 13.7. The fourth-order valence-electron chi connectivity index (χ4n) is 1.75. The lowest BCUT2D eigenvalue weighted by Gasteiger charge is -2.02. The molecule has 0 aliphatic carbocycles. The number of aryl methyl sites for hydroxylation is 1. The SMILES string of the molecule is CCOC(=O)NCc1cc(-c2ccncc2)n(C)n1. The van der Waals surface area contributed by atoms with Crippen LogP contribution < -0.4 is 5.32 Å². The van der Waals surface area contributed by atoms with Crippen LogP contribution in [0.15, 0.2) is 30.6 Å². The topological polar surface area (TPSA) is 69.0 Å². The van der Waals surface area contributed by atoms with Crippen LogP contribution in [0.3, 0.4) is 0 Å². The van der Waals surface area contributed by atoms with Crippen LogP contribution in [0.1, 0.15) is 12.6 Å². The molecule has 2 heterocycles. The van der Waals surface area contributed by atoms with Crippen LogP contribution in [0.4, 0.5) is 4.79 Å². The van der Waals surface area contributed by atoms with Crippen LogP contribution in [0.25, 0.3) is 11.3 Å². The number of hydrogen-bond acceptors (Lipinski definition) is 4. The third kappa shape index (κ3) is 3.31. The highest BCUT2D eigenvalue weighted by atomic mass is 16.5. The molecule has 1 N–H and O–H groups in total. The van der Waals surface area contributed by atoms with Gasteiger partial charge in [0.1, 0.15) is 0 Å². The van der Waals surface area contributed by atoms with Crippen LogP contribution >= 0.6 is 0 Å². The number of carbonyl (C=O) groups is 1. The van der Waals surface area contributed by atoms with E-state index in [0.29, 0.717) is 13.2 Å². The second-order valence-electron chi connectivity index (χ2n) is 3.95. The van der Waals surface area contributed by atoms with E-state index in [1.807, 2.05) is 25.2 Å². The molecule has 2 rings (SSSR count). The van der Waals surface area contributed by atoms with Gasteiger partial charge in [0.2, 0.25) is 0 Å². The van der Waals surface area contributed by atoms with E-state index in [0.717, 1.165) is 17.0 Å². The zero-order valence-corrected chi connectivity index (χ0v) is 11.0. The van der Waals surface area contributed by atoms with Crippen molar-refractivity contribution in [3.63, 3.8) is 0 Å². The molecular formula is C13H16N4O2. The number of ether oxygens (including phenoxy) is 1. The number of nitrogens with one attached hydrogen (secondary N) is 1. The van der Waals surface area contributed by atoms with E-state index in [2.05, 4.69) is 15.4 Å². The van der Waals surface area contributed by atoms with Crippen LogP contribution in [0.5, 0.6) is 0 Å². The van der Waals surface area contributed by atoms with Gasteiger partial charge in [0.05, 0.1) is 24.5 Å². The summed E-state index contributed by atoms with van der Waals surface area (Å²) in [6.45, 7) is 2.47. The van der Waals surface area contributed by atoms with Crippen molar-refractivity contribution in [1.29, 1.82) is 0 Å². The number of nitrogens with zero attached hydrogens (tertiary/aromatic N) is 3. The average Bonchev–Trinajstić information content (AvgIpc) is 2.79. The van der Waals surface area contributed by atoms with Gasteiger partial charge in [-0.15, -0.1) is 0 Å². The molecule has 6 nitrogen and oxygen atoms in total. The van der Waals surface area contributed by atoms with Gasteiger partial charge in [-0.05, 0) is 25.1 Å². The standard InChI is InChI=1S/C13H16N4O2/c1-3-19-13(18)15-9-11-8-12(17(2)16-11)10-4-6-14-7-5-10/h4-8H,3,9H2,1-2H3,(H,15,18). The van der Waals surface area contributed by atoms with Gasteiger partial charge in [-0.3, -0.25) is 9.67 Å². The Balaban J connectivity index is 2.07. The summed E-state index contributed by atoms with van der Waals surface area (Å²) in [4.78, 5) is 15.2. The van der Waals surface area contributed by atoms with Gasteiger partial charge in [-0.25, -0.2) is 4.79 Å². The number of alkyl carbamates (subject to hydrolysis) is 1. The largest absolute Gasteiger partial charge is 0.450 e.